The van der Waals surface area contributed by atoms with Crippen LogP contribution in [0.25, 0.3) is 0 Å². The maximum atomic E-state index is 11.7. The Hall–Kier alpha value is -2.24. The van der Waals surface area contributed by atoms with Crippen molar-refractivity contribution in [2.24, 2.45) is 5.73 Å². The van der Waals surface area contributed by atoms with Gasteiger partial charge in [0, 0.05) is 19.8 Å². The zero-order chi connectivity index (χ0) is 13.9. The number of carbonyl (C=O) groups excluding carboxylic acids is 2. The number of nitrogen functional groups attached to an aromatic ring is 1. The topological polar surface area (TPSA) is 98.6 Å². The largest absolute Gasteiger partial charge is 0.480 e. The van der Waals surface area contributed by atoms with E-state index in [-0.39, 0.29) is 17.2 Å². The van der Waals surface area contributed by atoms with Crippen LogP contribution in [-0.2, 0) is 4.79 Å². The molecule has 0 heterocycles. The zero-order valence-corrected chi connectivity index (χ0v) is 10.6. The van der Waals surface area contributed by atoms with Crippen LogP contribution in [0.1, 0.15) is 17.3 Å². The fourth-order valence-electron chi connectivity index (χ4n) is 1.45. The molecule has 0 radical (unpaired) electrons. The number of primary amides is 1. The number of anilines is 1. The van der Waals surface area contributed by atoms with E-state index in [2.05, 4.69) is 0 Å². The Kier molecular flexibility index (Phi) is 4.14. The first-order valence-corrected chi connectivity index (χ1v) is 5.40. The van der Waals surface area contributed by atoms with E-state index in [4.69, 9.17) is 16.2 Å². The molecular formula is C12H17N3O3. The number of nitrogens with zero attached hydrogens (tertiary/aromatic N) is 1. The predicted octanol–water partition coefficient (Wildman–Crippen LogP) is 0.223. The van der Waals surface area contributed by atoms with Gasteiger partial charge in [-0.25, -0.2) is 0 Å². The first kappa shape index (κ1) is 13.8. The molecule has 0 aliphatic rings. The summed E-state index contributed by atoms with van der Waals surface area (Å²) in [5.74, 6) is -0.608. The highest BCUT2D eigenvalue weighted by atomic mass is 16.5. The van der Waals surface area contributed by atoms with Gasteiger partial charge in [0.1, 0.15) is 5.75 Å². The van der Waals surface area contributed by atoms with E-state index < -0.39 is 12.0 Å². The Labute approximate surface area is 105 Å². The minimum absolute atomic E-state index is 0.161. The lowest BCUT2D eigenvalue weighted by Crippen LogP contribution is -2.35. The normalized spacial score (nSPS) is 11.7. The van der Waals surface area contributed by atoms with Crippen molar-refractivity contribution in [1.82, 2.24) is 4.90 Å². The van der Waals surface area contributed by atoms with Crippen LogP contribution in [-0.4, -0.2) is 36.9 Å². The Bertz CT molecular complexity index is 472. The van der Waals surface area contributed by atoms with E-state index in [0.717, 1.165) is 0 Å². The van der Waals surface area contributed by atoms with Gasteiger partial charge in [-0.05, 0) is 25.1 Å². The molecule has 0 spiro atoms. The van der Waals surface area contributed by atoms with Crippen molar-refractivity contribution < 1.29 is 14.3 Å². The first-order chi connectivity index (χ1) is 8.32. The molecule has 0 bridgehead atoms. The summed E-state index contributed by atoms with van der Waals surface area (Å²) in [7, 11) is 3.25. The van der Waals surface area contributed by atoms with Crippen molar-refractivity contribution >= 4 is 17.5 Å². The Morgan fingerprint density at radius 2 is 1.94 bits per heavy atom. The molecule has 6 heteroatoms. The lowest BCUT2D eigenvalue weighted by Gasteiger charge is -2.19. The number of rotatable bonds is 4. The monoisotopic (exact) mass is 251 g/mol. The van der Waals surface area contributed by atoms with E-state index in [1.54, 1.807) is 27.1 Å². The van der Waals surface area contributed by atoms with Gasteiger partial charge in [-0.3, -0.25) is 9.59 Å². The molecule has 18 heavy (non-hydrogen) atoms. The molecule has 1 aromatic carbocycles. The van der Waals surface area contributed by atoms with E-state index in [1.165, 1.54) is 17.0 Å². The van der Waals surface area contributed by atoms with Gasteiger partial charge >= 0.3 is 0 Å². The van der Waals surface area contributed by atoms with Crippen LogP contribution in [0.5, 0.6) is 5.75 Å². The summed E-state index contributed by atoms with van der Waals surface area (Å²) >= 11 is 0. The molecule has 4 N–H and O–H groups in total. The minimum atomic E-state index is -0.707. The highest BCUT2D eigenvalue weighted by molar-refractivity contribution is 5.96. The van der Waals surface area contributed by atoms with E-state index >= 15 is 0 Å². The Morgan fingerprint density at radius 1 is 1.33 bits per heavy atom. The van der Waals surface area contributed by atoms with Gasteiger partial charge in [0.05, 0.1) is 5.56 Å². The number of ether oxygens (including phenoxy) is 1. The number of carbonyl (C=O) groups is 2. The molecule has 1 aromatic rings. The molecule has 1 unspecified atom stereocenters. The third-order valence-electron chi connectivity index (χ3n) is 2.36. The zero-order valence-electron chi connectivity index (χ0n) is 10.6. The van der Waals surface area contributed by atoms with Gasteiger partial charge in [0.25, 0.3) is 11.8 Å². The van der Waals surface area contributed by atoms with Crippen LogP contribution >= 0.6 is 0 Å². The van der Waals surface area contributed by atoms with Crippen molar-refractivity contribution in [3.8, 4) is 5.75 Å². The molecule has 1 atom stereocenters. The van der Waals surface area contributed by atoms with Gasteiger partial charge < -0.3 is 21.1 Å². The summed E-state index contributed by atoms with van der Waals surface area (Å²) in [6.07, 6.45) is -0.707. The second-order valence-electron chi connectivity index (χ2n) is 4.11. The van der Waals surface area contributed by atoms with Gasteiger partial charge in [0.2, 0.25) is 0 Å². The highest BCUT2D eigenvalue weighted by Crippen LogP contribution is 2.22. The molecular weight excluding hydrogens is 234 g/mol. The van der Waals surface area contributed by atoms with E-state index in [0.29, 0.717) is 5.69 Å². The van der Waals surface area contributed by atoms with Crippen LogP contribution < -0.4 is 16.2 Å². The van der Waals surface area contributed by atoms with Crippen LogP contribution in [0.2, 0.25) is 0 Å². The number of nitrogens with two attached hydrogens (primary N) is 2. The Morgan fingerprint density at radius 3 is 2.44 bits per heavy atom. The average molecular weight is 251 g/mol. The summed E-state index contributed by atoms with van der Waals surface area (Å²) in [5, 5.41) is 0. The third kappa shape index (κ3) is 3.13. The van der Waals surface area contributed by atoms with Crippen LogP contribution in [0.15, 0.2) is 18.2 Å². The standard InChI is InChI=1S/C12H17N3O3/c1-7(12(17)15(2)3)18-10-5-4-8(13)6-9(10)11(14)16/h4-7H,13H2,1-3H3,(H2,14,16). The molecule has 1 rings (SSSR count). The van der Waals surface area contributed by atoms with Crippen LogP contribution in [0.3, 0.4) is 0 Å². The molecule has 98 valence electrons. The van der Waals surface area contributed by atoms with Crippen molar-refractivity contribution in [1.29, 1.82) is 0 Å². The quantitative estimate of drug-likeness (QED) is 0.748. The summed E-state index contributed by atoms with van der Waals surface area (Å²) in [5.41, 5.74) is 11.4. The minimum Gasteiger partial charge on any atom is -0.480 e. The first-order valence-electron chi connectivity index (χ1n) is 5.40. The van der Waals surface area contributed by atoms with E-state index in [9.17, 15) is 9.59 Å². The number of hydrogen-bond donors (Lipinski definition) is 2. The summed E-state index contributed by atoms with van der Waals surface area (Å²) < 4.78 is 5.44. The molecule has 0 saturated heterocycles. The van der Waals surface area contributed by atoms with Gasteiger partial charge in [0.15, 0.2) is 6.10 Å². The second kappa shape index (κ2) is 5.39. The molecule has 2 amide bonds. The molecule has 0 aromatic heterocycles. The van der Waals surface area contributed by atoms with Crippen molar-refractivity contribution in [2.45, 2.75) is 13.0 Å². The molecule has 0 aliphatic carbocycles. The summed E-state index contributed by atoms with van der Waals surface area (Å²) in [6.45, 7) is 1.60. The molecule has 0 aliphatic heterocycles. The Balaban J connectivity index is 2.97. The van der Waals surface area contributed by atoms with Gasteiger partial charge in [-0.1, -0.05) is 0 Å². The van der Waals surface area contributed by atoms with Crippen LogP contribution in [0.4, 0.5) is 5.69 Å². The number of hydrogen-bond acceptors (Lipinski definition) is 4. The lowest BCUT2D eigenvalue weighted by molar-refractivity contribution is -0.135. The summed E-state index contributed by atoms with van der Waals surface area (Å²) in [4.78, 5) is 24.3. The van der Waals surface area contributed by atoms with E-state index in [1.807, 2.05) is 0 Å². The molecule has 6 nitrogen and oxygen atoms in total. The van der Waals surface area contributed by atoms with Gasteiger partial charge in [-0.15, -0.1) is 0 Å². The van der Waals surface area contributed by atoms with Gasteiger partial charge in [-0.2, -0.15) is 0 Å². The van der Waals surface area contributed by atoms with Crippen molar-refractivity contribution in [3.05, 3.63) is 23.8 Å². The fourth-order valence-corrected chi connectivity index (χ4v) is 1.45. The highest BCUT2D eigenvalue weighted by Gasteiger charge is 2.19. The average Bonchev–Trinajstić information content (AvgIpc) is 2.29. The lowest BCUT2D eigenvalue weighted by atomic mass is 10.1. The third-order valence-corrected chi connectivity index (χ3v) is 2.36. The summed E-state index contributed by atoms with van der Waals surface area (Å²) in [6, 6.07) is 4.52. The van der Waals surface area contributed by atoms with Crippen LogP contribution in [0, 0.1) is 0 Å². The predicted molar refractivity (Wildman–Crippen MR) is 68.2 cm³/mol. The second-order valence-corrected chi connectivity index (χ2v) is 4.11. The maximum absolute atomic E-state index is 11.7. The van der Waals surface area contributed by atoms with Crippen molar-refractivity contribution in [2.75, 3.05) is 19.8 Å². The number of amides is 2. The number of benzene rings is 1. The smallest absolute Gasteiger partial charge is 0.262 e. The maximum Gasteiger partial charge on any atom is 0.262 e. The number of likely N-dealkylation sites (N-methyl/N-ethyl adjacent to an activating group) is 1. The van der Waals surface area contributed by atoms with Crippen molar-refractivity contribution in [3.63, 3.8) is 0 Å². The SMILES string of the molecule is CC(Oc1ccc(N)cc1C(N)=O)C(=O)N(C)C. The fraction of sp³-hybridized carbons (Fsp3) is 0.333. The molecule has 0 fully saturated rings. The molecule has 0 saturated carbocycles.